The second-order valence-corrected chi connectivity index (χ2v) is 5.72. The Hall–Kier alpha value is -1.63. The summed E-state index contributed by atoms with van der Waals surface area (Å²) in [6.07, 6.45) is -2.15. The van der Waals surface area contributed by atoms with Crippen molar-refractivity contribution in [3.05, 3.63) is 28.8 Å². The maximum absolute atomic E-state index is 12.5. The molecule has 4 N–H and O–H groups in total. The molecule has 0 heterocycles. The average Bonchev–Trinajstić information content (AvgIpc) is 3.16. The second kappa shape index (κ2) is 5.63. The van der Waals surface area contributed by atoms with Crippen molar-refractivity contribution < 1.29 is 18.4 Å². The van der Waals surface area contributed by atoms with Gasteiger partial charge in [-0.05, 0) is 36.5 Å². The van der Waals surface area contributed by atoms with Crippen molar-refractivity contribution in [1.29, 1.82) is 0 Å². The van der Waals surface area contributed by atoms with Crippen LogP contribution in [0.4, 0.5) is 18.9 Å². The number of halogens is 4. The number of nitrogens with zero attached hydrogens (tertiary/aromatic N) is 1. The molecule has 0 atom stereocenters. The van der Waals surface area contributed by atoms with Crippen molar-refractivity contribution >= 4 is 23.1 Å². The molecule has 0 spiro atoms. The molecule has 0 aliphatic heterocycles. The fourth-order valence-corrected chi connectivity index (χ4v) is 2.38. The van der Waals surface area contributed by atoms with Gasteiger partial charge in [0.1, 0.15) is 5.84 Å². The van der Waals surface area contributed by atoms with Crippen LogP contribution in [0, 0.1) is 5.41 Å². The first-order valence-corrected chi connectivity index (χ1v) is 6.71. The van der Waals surface area contributed by atoms with Crippen LogP contribution in [0.5, 0.6) is 0 Å². The molecule has 116 valence electrons. The molecule has 0 aromatic heterocycles. The highest BCUT2D eigenvalue weighted by molar-refractivity contribution is 6.33. The summed E-state index contributed by atoms with van der Waals surface area (Å²) in [4.78, 5) is 0. The van der Waals surface area contributed by atoms with Crippen LogP contribution >= 0.6 is 11.6 Å². The van der Waals surface area contributed by atoms with Gasteiger partial charge in [0, 0.05) is 13.0 Å². The number of amidine groups is 1. The predicted molar refractivity (Wildman–Crippen MR) is 74.6 cm³/mol. The fraction of sp³-hybridized carbons (Fsp3) is 0.462. The fourth-order valence-electron chi connectivity index (χ4n) is 2.13. The summed E-state index contributed by atoms with van der Waals surface area (Å²) in [5.74, 6) is 0.146. The zero-order valence-corrected chi connectivity index (χ0v) is 11.8. The Balaban J connectivity index is 2.01. The summed E-state index contributed by atoms with van der Waals surface area (Å²) >= 11 is 5.87. The van der Waals surface area contributed by atoms with E-state index in [2.05, 4.69) is 10.5 Å². The molecule has 2 rings (SSSR count). The third-order valence-corrected chi connectivity index (χ3v) is 3.90. The third kappa shape index (κ3) is 3.93. The lowest BCUT2D eigenvalue weighted by Gasteiger charge is -2.17. The van der Waals surface area contributed by atoms with Crippen LogP contribution in [0.2, 0.25) is 5.02 Å². The number of hydrogen-bond donors (Lipinski definition) is 3. The van der Waals surface area contributed by atoms with Crippen molar-refractivity contribution in [2.24, 2.45) is 16.3 Å². The molecule has 1 aliphatic carbocycles. The molecule has 1 aromatic rings. The van der Waals surface area contributed by atoms with Gasteiger partial charge < -0.3 is 16.3 Å². The molecule has 1 saturated carbocycles. The van der Waals surface area contributed by atoms with E-state index in [0.717, 1.165) is 25.0 Å². The van der Waals surface area contributed by atoms with Gasteiger partial charge in [0.05, 0.1) is 16.3 Å². The molecule has 1 aliphatic rings. The Morgan fingerprint density at radius 1 is 1.43 bits per heavy atom. The molecule has 0 saturated heterocycles. The van der Waals surface area contributed by atoms with Gasteiger partial charge in [-0.2, -0.15) is 13.2 Å². The first kappa shape index (κ1) is 15.8. The first-order valence-electron chi connectivity index (χ1n) is 6.33. The normalized spacial score (nSPS) is 17.6. The van der Waals surface area contributed by atoms with Crippen LogP contribution in [0.1, 0.15) is 24.8 Å². The number of nitrogens with two attached hydrogens (primary N) is 1. The SMILES string of the molecule is NC(CC1(CNc2ccc(C(F)(F)F)cc2Cl)CC1)=NO. The molecule has 1 fully saturated rings. The number of oxime groups is 1. The largest absolute Gasteiger partial charge is 0.416 e. The molecule has 0 radical (unpaired) electrons. The van der Waals surface area contributed by atoms with Gasteiger partial charge in [-0.15, -0.1) is 0 Å². The minimum Gasteiger partial charge on any atom is -0.409 e. The van der Waals surface area contributed by atoms with E-state index in [9.17, 15) is 13.2 Å². The highest BCUT2D eigenvalue weighted by Gasteiger charge is 2.43. The number of nitrogens with one attached hydrogen (secondary N) is 1. The number of hydrogen-bond acceptors (Lipinski definition) is 3. The second-order valence-electron chi connectivity index (χ2n) is 5.31. The van der Waals surface area contributed by atoms with Crippen molar-refractivity contribution in [3.8, 4) is 0 Å². The van der Waals surface area contributed by atoms with Crippen LogP contribution in [-0.2, 0) is 6.18 Å². The molecular weight excluding hydrogens is 307 g/mol. The highest BCUT2D eigenvalue weighted by Crippen LogP contribution is 2.49. The van der Waals surface area contributed by atoms with Gasteiger partial charge in [0.15, 0.2) is 0 Å². The third-order valence-electron chi connectivity index (χ3n) is 3.59. The van der Waals surface area contributed by atoms with Gasteiger partial charge in [-0.3, -0.25) is 0 Å². The lowest BCUT2D eigenvalue weighted by molar-refractivity contribution is -0.137. The van der Waals surface area contributed by atoms with E-state index >= 15 is 0 Å². The van der Waals surface area contributed by atoms with Crippen molar-refractivity contribution in [3.63, 3.8) is 0 Å². The molecule has 4 nitrogen and oxygen atoms in total. The molecular formula is C13H15ClF3N3O. The lowest BCUT2D eigenvalue weighted by Crippen LogP contribution is -2.23. The smallest absolute Gasteiger partial charge is 0.409 e. The Bertz CT molecular complexity index is 556. The molecule has 0 amide bonds. The first-order chi connectivity index (χ1) is 9.76. The quantitative estimate of drug-likeness (QED) is 0.335. The van der Waals surface area contributed by atoms with Crippen LogP contribution in [-0.4, -0.2) is 17.6 Å². The summed E-state index contributed by atoms with van der Waals surface area (Å²) in [6.45, 7) is 0.508. The van der Waals surface area contributed by atoms with Crippen LogP contribution in [0.15, 0.2) is 23.4 Å². The van der Waals surface area contributed by atoms with Gasteiger partial charge >= 0.3 is 6.18 Å². The number of anilines is 1. The van der Waals surface area contributed by atoms with E-state index in [1.54, 1.807) is 0 Å². The average molecular weight is 322 g/mol. The maximum Gasteiger partial charge on any atom is 0.416 e. The van der Waals surface area contributed by atoms with E-state index < -0.39 is 11.7 Å². The number of alkyl halides is 3. The van der Waals surface area contributed by atoms with Crippen molar-refractivity contribution in [2.45, 2.75) is 25.4 Å². The molecule has 1 aromatic carbocycles. The van der Waals surface area contributed by atoms with Crippen molar-refractivity contribution in [1.82, 2.24) is 0 Å². The topological polar surface area (TPSA) is 70.6 Å². The zero-order chi connectivity index (χ0) is 15.7. The number of benzene rings is 1. The molecule has 21 heavy (non-hydrogen) atoms. The highest BCUT2D eigenvalue weighted by atomic mass is 35.5. The van der Waals surface area contributed by atoms with E-state index in [4.69, 9.17) is 22.5 Å². The maximum atomic E-state index is 12.5. The summed E-state index contributed by atoms with van der Waals surface area (Å²) in [7, 11) is 0. The predicted octanol–water partition coefficient (Wildman–Crippen LogP) is 3.69. The molecule has 0 bridgehead atoms. The van der Waals surface area contributed by atoms with E-state index in [0.29, 0.717) is 18.7 Å². The van der Waals surface area contributed by atoms with E-state index in [1.165, 1.54) is 6.07 Å². The molecule has 0 unspecified atom stereocenters. The standard InChI is InChI=1S/C13H15ClF3N3O/c14-9-5-8(13(15,16)17)1-2-10(9)19-7-12(3-4-12)6-11(18)20-21/h1-2,5,19,21H,3-4,6-7H2,(H2,18,20). The zero-order valence-electron chi connectivity index (χ0n) is 11.0. The Kier molecular flexibility index (Phi) is 4.22. The Labute approximate surface area is 124 Å². The monoisotopic (exact) mass is 321 g/mol. The minimum atomic E-state index is -4.41. The van der Waals surface area contributed by atoms with E-state index in [1.807, 2.05) is 0 Å². The van der Waals surface area contributed by atoms with Gasteiger partial charge in [-0.1, -0.05) is 16.8 Å². The summed E-state index contributed by atoms with van der Waals surface area (Å²) < 4.78 is 37.6. The van der Waals surface area contributed by atoms with E-state index in [-0.39, 0.29) is 16.3 Å². The number of rotatable bonds is 5. The minimum absolute atomic E-state index is 0.0180. The van der Waals surface area contributed by atoms with Crippen LogP contribution < -0.4 is 11.1 Å². The van der Waals surface area contributed by atoms with Gasteiger partial charge in [0.25, 0.3) is 0 Å². The van der Waals surface area contributed by atoms with Gasteiger partial charge in [0.2, 0.25) is 0 Å². The Morgan fingerprint density at radius 2 is 2.10 bits per heavy atom. The van der Waals surface area contributed by atoms with Crippen LogP contribution in [0.25, 0.3) is 0 Å². The Morgan fingerprint density at radius 3 is 2.57 bits per heavy atom. The lowest BCUT2D eigenvalue weighted by atomic mass is 10.0. The van der Waals surface area contributed by atoms with Gasteiger partial charge in [-0.25, -0.2) is 0 Å². The van der Waals surface area contributed by atoms with Crippen molar-refractivity contribution in [2.75, 3.05) is 11.9 Å². The molecule has 8 heteroatoms. The summed E-state index contributed by atoms with van der Waals surface area (Å²) in [5.41, 5.74) is 5.04. The summed E-state index contributed by atoms with van der Waals surface area (Å²) in [6, 6.07) is 3.19. The summed E-state index contributed by atoms with van der Waals surface area (Å²) in [5, 5.41) is 14.6. The van der Waals surface area contributed by atoms with Crippen LogP contribution in [0.3, 0.4) is 0 Å².